The second-order valence-corrected chi connectivity index (χ2v) is 3.97. The molecule has 2 nitrogen and oxygen atoms in total. The largest absolute Gasteiger partial charge is 0.504 e. The Morgan fingerprint density at radius 3 is 2.67 bits per heavy atom. The molecule has 0 aliphatic rings. The third-order valence-corrected chi connectivity index (χ3v) is 2.76. The molecule has 0 radical (unpaired) electrons. The highest BCUT2D eigenvalue weighted by Gasteiger charge is 2.08. The smallest absolute Gasteiger partial charge is 0.160 e. The SMILES string of the molecule is CCCCC(C)c1ccc(OC)c(O)c1. The summed E-state index contributed by atoms with van der Waals surface area (Å²) in [7, 11) is 1.56. The van der Waals surface area contributed by atoms with Crippen LogP contribution in [-0.4, -0.2) is 12.2 Å². The van der Waals surface area contributed by atoms with Gasteiger partial charge in [-0.25, -0.2) is 0 Å². The summed E-state index contributed by atoms with van der Waals surface area (Å²) in [5.41, 5.74) is 1.18. The first kappa shape index (κ1) is 11.9. The molecule has 1 unspecified atom stereocenters. The lowest BCUT2D eigenvalue weighted by Gasteiger charge is -2.12. The summed E-state index contributed by atoms with van der Waals surface area (Å²) < 4.78 is 5.01. The van der Waals surface area contributed by atoms with Gasteiger partial charge in [0.25, 0.3) is 0 Å². The molecule has 0 heterocycles. The van der Waals surface area contributed by atoms with Crippen molar-refractivity contribution in [3.05, 3.63) is 23.8 Å². The van der Waals surface area contributed by atoms with Crippen LogP contribution in [0.25, 0.3) is 0 Å². The van der Waals surface area contributed by atoms with Crippen LogP contribution in [0.15, 0.2) is 18.2 Å². The summed E-state index contributed by atoms with van der Waals surface area (Å²) in [5.74, 6) is 1.28. The van der Waals surface area contributed by atoms with Crippen LogP contribution in [-0.2, 0) is 0 Å². The summed E-state index contributed by atoms with van der Waals surface area (Å²) in [5, 5.41) is 9.64. The molecule has 1 aromatic carbocycles. The lowest BCUT2D eigenvalue weighted by Crippen LogP contribution is -1.94. The second kappa shape index (κ2) is 5.64. The number of aromatic hydroxyl groups is 1. The molecule has 1 N–H and O–H groups in total. The van der Waals surface area contributed by atoms with Gasteiger partial charge in [0.1, 0.15) is 0 Å². The zero-order valence-electron chi connectivity index (χ0n) is 9.79. The van der Waals surface area contributed by atoms with Gasteiger partial charge in [0, 0.05) is 0 Å². The van der Waals surface area contributed by atoms with E-state index in [0.29, 0.717) is 11.7 Å². The molecule has 15 heavy (non-hydrogen) atoms. The van der Waals surface area contributed by atoms with E-state index in [4.69, 9.17) is 4.74 Å². The van der Waals surface area contributed by atoms with Crippen molar-refractivity contribution in [3.8, 4) is 11.5 Å². The minimum absolute atomic E-state index is 0.235. The molecule has 1 aromatic rings. The van der Waals surface area contributed by atoms with Crippen molar-refractivity contribution in [2.45, 2.75) is 39.0 Å². The van der Waals surface area contributed by atoms with Crippen molar-refractivity contribution in [1.82, 2.24) is 0 Å². The van der Waals surface area contributed by atoms with Crippen molar-refractivity contribution in [3.63, 3.8) is 0 Å². The number of hydrogen-bond acceptors (Lipinski definition) is 2. The highest BCUT2D eigenvalue weighted by Crippen LogP contribution is 2.31. The van der Waals surface area contributed by atoms with Gasteiger partial charge in [-0.05, 0) is 30.0 Å². The first-order valence-corrected chi connectivity index (χ1v) is 5.56. The summed E-state index contributed by atoms with van der Waals surface area (Å²) in [6.45, 7) is 4.38. The zero-order valence-corrected chi connectivity index (χ0v) is 9.79. The van der Waals surface area contributed by atoms with E-state index in [1.165, 1.54) is 24.8 Å². The molecule has 0 saturated heterocycles. The van der Waals surface area contributed by atoms with Gasteiger partial charge in [0.15, 0.2) is 11.5 Å². The molecule has 2 heteroatoms. The predicted molar refractivity (Wildman–Crippen MR) is 62.6 cm³/mol. The Balaban J connectivity index is 2.73. The Morgan fingerprint density at radius 2 is 2.13 bits per heavy atom. The maximum atomic E-state index is 9.64. The fourth-order valence-electron chi connectivity index (χ4n) is 1.69. The Labute approximate surface area is 91.9 Å². The highest BCUT2D eigenvalue weighted by molar-refractivity contribution is 5.42. The fraction of sp³-hybridized carbons (Fsp3) is 0.538. The molecule has 0 aromatic heterocycles. The van der Waals surface area contributed by atoms with Gasteiger partial charge in [0.2, 0.25) is 0 Å². The van der Waals surface area contributed by atoms with Crippen molar-refractivity contribution >= 4 is 0 Å². The average Bonchev–Trinajstić information content (AvgIpc) is 2.25. The number of rotatable bonds is 5. The van der Waals surface area contributed by atoms with Crippen LogP contribution in [0.4, 0.5) is 0 Å². The number of phenolic OH excluding ortho intramolecular Hbond substituents is 1. The van der Waals surface area contributed by atoms with Crippen LogP contribution < -0.4 is 4.74 Å². The maximum absolute atomic E-state index is 9.64. The summed E-state index contributed by atoms with van der Waals surface area (Å²) in [4.78, 5) is 0. The van der Waals surface area contributed by atoms with Crippen molar-refractivity contribution in [2.75, 3.05) is 7.11 Å². The van der Waals surface area contributed by atoms with Gasteiger partial charge in [0.05, 0.1) is 7.11 Å². The van der Waals surface area contributed by atoms with Gasteiger partial charge in [-0.2, -0.15) is 0 Å². The van der Waals surface area contributed by atoms with Gasteiger partial charge < -0.3 is 9.84 Å². The first-order chi connectivity index (χ1) is 7.19. The second-order valence-electron chi connectivity index (χ2n) is 3.97. The van der Waals surface area contributed by atoms with Crippen LogP contribution in [0.1, 0.15) is 44.6 Å². The van der Waals surface area contributed by atoms with E-state index in [2.05, 4.69) is 13.8 Å². The lowest BCUT2D eigenvalue weighted by molar-refractivity contribution is 0.372. The molecular weight excluding hydrogens is 188 g/mol. The molecule has 0 spiro atoms. The molecule has 0 fully saturated rings. The van der Waals surface area contributed by atoms with Gasteiger partial charge in [-0.3, -0.25) is 0 Å². The quantitative estimate of drug-likeness (QED) is 0.799. The molecule has 0 bridgehead atoms. The normalized spacial score (nSPS) is 12.5. The van der Waals surface area contributed by atoms with Crippen LogP contribution in [0.3, 0.4) is 0 Å². The topological polar surface area (TPSA) is 29.5 Å². The average molecular weight is 208 g/mol. The van der Waals surface area contributed by atoms with Crippen molar-refractivity contribution < 1.29 is 9.84 Å². The monoisotopic (exact) mass is 208 g/mol. The van der Waals surface area contributed by atoms with Crippen molar-refractivity contribution in [2.24, 2.45) is 0 Å². The Morgan fingerprint density at radius 1 is 1.40 bits per heavy atom. The Hall–Kier alpha value is -1.18. The molecule has 0 saturated carbocycles. The molecule has 0 aliphatic carbocycles. The Kier molecular flexibility index (Phi) is 4.47. The van der Waals surface area contributed by atoms with Crippen molar-refractivity contribution in [1.29, 1.82) is 0 Å². The summed E-state index contributed by atoms with van der Waals surface area (Å²) >= 11 is 0. The molecule has 1 atom stereocenters. The lowest BCUT2D eigenvalue weighted by atomic mass is 9.95. The number of hydrogen-bond donors (Lipinski definition) is 1. The minimum atomic E-state index is 0.235. The number of ether oxygens (including phenoxy) is 1. The van der Waals surface area contributed by atoms with E-state index < -0.39 is 0 Å². The third-order valence-electron chi connectivity index (χ3n) is 2.76. The van der Waals surface area contributed by atoms with E-state index in [9.17, 15) is 5.11 Å². The fourth-order valence-corrected chi connectivity index (χ4v) is 1.69. The molecular formula is C13H20O2. The van der Waals surface area contributed by atoms with Gasteiger partial charge in [-0.15, -0.1) is 0 Å². The van der Waals surface area contributed by atoms with Crippen LogP contribution >= 0.6 is 0 Å². The number of methoxy groups -OCH3 is 1. The summed E-state index contributed by atoms with van der Waals surface area (Å²) in [6.07, 6.45) is 3.61. The van der Waals surface area contributed by atoms with Crippen LogP contribution in [0.2, 0.25) is 0 Å². The number of unbranched alkanes of at least 4 members (excludes halogenated alkanes) is 1. The van der Waals surface area contributed by atoms with Gasteiger partial charge in [-0.1, -0.05) is 32.8 Å². The first-order valence-electron chi connectivity index (χ1n) is 5.56. The highest BCUT2D eigenvalue weighted by atomic mass is 16.5. The molecule has 0 aliphatic heterocycles. The molecule has 0 amide bonds. The zero-order chi connectivity index (χ0) is 11.3. The standard InChI is InChI=1S/C13H20O2/c1-4-5-6-10(2)11-7-8-13(15-3)12(14)9-11/h7-10,14H,4-6H2,1-3H3. The predicted octanol–water partition coefficient (Wildman–Crippen LogP) is 3.69. The van der Waals surface area contributed by atoms with E-state index in [1.54, 1.807) is 13.2 Å². The van der Waals surface area contributed by atoms with Crippen LogP contribution in [0, 0.1) is 0 Å². The number of phenols is 1. The van der Waals surface area contributed by atoms with E-state index in [0.717, 1.165) is 0 Å². The number of benzene rings is 1. The maximum Gasteiger partial charge on any atom is 0.160 e. The van der Waals surface area contributed by atoms with Crippen LogP contribution in [0.5, 0.6) is 11.5 Å². The van der Waals surface area contributed by atoms with E-state index in [1.807, 2.05) is 12.1 Å². The molecule has 84 valence electrons. The van der Waals surface area contributed by atoms with E-state index in [-0.39, 0.29) is 5.75 Å². The third kappa shape index (κ3) is 3.15. The molecule has 1 rings (SSSR count). The Bertz CT molecular complexity index is 307. The van der Waals surface area contributed by atoms with Gasteiger partial charge >= 0.3 is 0 Å². The summed E-state index contributed by atoms with van der Waals surface area (Å²) in [6, 6.07) is 5.66. The van der Waals surface area contributed by atoms with E-state index >= 15 is 0 Å². The minimum Gasteiger partial charge on any atom is -0.504 e.